The highest BCUT2D eigenvalue weighted by Crippen LogP contribution is 2.28. The molecular weight excluding hydrogens is 446 g/mol. The van der Waals surface area contributed by atoms with Gasteiger partial charge in [0.1, 0.15) is 17.9 Å². The molecule has 4 rings (SSSR count). The number of hydrogen-bond donors (Lipinski definition) is 1. The van der Waals surface area contributed by atoms with Crippen LogP contribution >= 0.6 is 15.9 Å². The Morgan fingerprint density at radius 1 is 1.20 bits per heavy atom. The predicted molar refractivity (Wildman–Crippen MR) is 118 cm³/mol. The second-order valence-electron chi connectivity index (χ2n) is 7.24. The maximum atomic E-state index is 12.8. The van der Waals surface area contributed by atoms with Crippen LogP contribution in [0.15, 0.2) is 65.1 Å². The normalized spacial score (nSPS) is 16.3. The smallest absolute Gasteiger partial charge is 0.159 e. The summed E-state index contributed by atoms with van der Waals surface area (Å²) < 4.78 is 6.15. The monoisotopic (exact) mass is 465 g/mol. The number of ketones is 2. The van der Waals surface area contributed by atoms with E-state index in [0.29, 0.717) is 18.0 Å². The van der Waals surface area contributed by atoms with Crippen molar-refractivity contribution >= 4 is 49.9 Å². The lowest BCUT2D eigenvalue weighted by Gasteiger charge is -2.20. The third-order valence-corrected chi connectivity index (χ3v) is 5.59. The van der Waals surface area contributed by atoms with E-state index in [-0.39, 0.29) is 30.3 Å². The average molecular weight is 466 g/mol. The number of carbonyl (C=O) groups excluding carboxylic acids is 2. The third-order valence-electron chi connectivity index (χ3n) is 5.10. The molecule has 2 aromatic carbocycles. The zero-order chi connectivity index (χ0) is 21.1. The van der Waals surface area contributed by atoms with Gasteiger partial charge in [-0.25, -0.2) is 9.97 Å². The number of nitrogens with one attached hydrogen (secondary N) is 1. The Morgan fingerprint density at radius 2 is 2.07 bits per heavy atom. The lowest BCUT2D eigenvalue weighted by atomic mass is 9.86. The first kappa shape index (κ1) is 20.2. The van der Waals surface area contributed by atoms with Crippen LogP contribution in [0.4, 0.5) is 11.5 Å². The predicted octanol–water partition coefficient (Wildman–Crippen LogP) is 4.76. The molecule has 1 N–H and O–H groups in total. The topological polar surface area (TPSA) is 81.2 Å². The van der Waals surface area contributed by atoms with E-state index >= 15 is 0 Å². The van der Waals surface area contributed by atoms with Gasteiger partial charge in [-0.15, -0.1) is 0 Å². The van der Waals surface area contributed by atoms with Gasteiger partial charge in [0.15, 0.2) is 5.78 Å². The summed E-state index contributed by atoms with van der Waals surface area (Å²) in [7, 11) is 1.52. The zero-order valence-corrected chi connectivity index (χ0v) is 18.0. The van der Waals surface area contributed by atoms with E-state index < -0.39 is 0 Å². The first-order valence-corrected chi connectivity index (χ1v) is 10.4. The molecule has 0 saturated carbocycles. The summed E-state index contributed by atoms with van der Waals surface area (Å²) in [6.07, 6.45) is 3.94. The van der Waals surface area contributed by atoms with E-state index in [1.54, 1.807) is 0 Å². The van der Waals surface area contributed by atoms with E-state index in [9.17, 15) is 9.59 Å². The first-order valence-electron chi connectivity index (χ1n) is 9.58. The number of aromatic nitrogens is 2. The minimum absolute atomic E-state index is 0.0312. The van der Waals surface area contributed by atoms with Crippen molar-refractivity contribution in [3.63, 3.8) is 0 Å². The van der Waals surface area contributed by atoms with Crippen LogP contribution in [0.3, 0.4) is 0 Å². The Hall–Kier alpha value is -3.06. The molecule has 0 amide bonds. The van der Waals surface area contributed by atoms with Gasteiger partial charge in [-0.05, 0) is 35.9 Å². The number of fused-ring (bicyclic) bond motifs is 1. The van der Waals surface area contributed by atoms with Crippen LogP contribution in [0, 0.1) is 5.92 Å². The van der Waals surface area contributed by atoms with Gasteiger partial charge in [0.25, 0.3) is 0 Å². The van der Waals surface area contributed by atoms with Crippen molar-refractivity contribution in [2.24, 2.45) is 5.92 Å². The lowest BCUT2D eigenvalue weighted by molar-refractivity contribution is -0.126. The molecule has 1 unspecified atom stereocenters. The van der Waals surface area contributed by atoms with E-state index in [2.05, 4.69) is 31.2 Å². The zero-order valence-electron chi connectivity index (χ0n) is 16.4. The van der Waals surface area contributed by atoms with Gasteiger partial charge < -0.3 is 10.1 Å². The minimum Gasteiger partial charge on any atom is -0.501 e. The molecule has 1 aromatic heterocycles. The van der Waals surface area contributed by atoms with Gasteiger partial charge in [0.05, 0.1) is 18.4 Å². The molecular formula is C23H20BrN3O3. The highest BCUT2D eigenvalue weighted by atomic mass is 79.9. The van der Waals surface area contributed by atoms with E-state index in [0.717, 1.165) is 26.6 Å². The van der Waals surface area contributed by atoms with Crippen molar-refractivity contribution < 1.29 is 14.3 Å². The number of nitrogens with zero attached hydrogens (tertiary/aromatic N) is 2. The molecule has 1 aliphatic rings. The molecule has 0 aliphatic heterocycles. The van der Waals surface area contributed by atoms with Crippen molar-refractivity contribution in [1.29, 1.82) is 0 Å². The fraction of sp³-hybridized carbons (Fsp3) is 0.217. The molecule has 1 aliphatic carbocycles. The summed E-state index contributed by atoms with van der Waals surface area (Å²) in [5, 5.41) is 4.15. The molecule has 0 saturated heterocycles. The molecule has 6 nitrogen and oxygen atoms in total. The highest BCUT2D eigenvalue weighted by molar-refractivity contribution is 9.10. The van der Waals surface area contributed by atoms with Gasteiger partial charge in [-0.2, -0.15) is 0 Å². The minimum atomic E-state index is -0.348. The van der Waals surface area contributed by atoms with Crippen LogP contribution < -0.4 is 5.32 Å². The number of hydrogen-bond acceptors (Lipinski definition) is 6. The Labute approximate surface area is 182 Å². The Kier molecular flexibility index (Phi) is 5.90. The maximum absolute atomic E-state index is 12.8. The number of allylic oxidation sites excluding steroid dienone is 2. The van der Waals surface area contributed by atoms with E-state index in [1.807, 2.05) is 42.5 Å². The molecule has 7 heteroatoms. The molecule has 1 heterocycles. The number of Topliss-reactive ketones (excluding diaryl/α,β-unsaturated/α-hetero) is 1. The van der Waals surface area contributed by atoms with Crippen LogP contribution in [0.25, 0.3) is 10.9 Å². The molecule has 3 aromatic rings. The number of halogens is 1. The van der Waals surface area contributed by atoms with Crippen LogP contribution in [-0.2, 0) is 20.7 Å². The van der Waals surface area contributed by atoms with Crippen LogP contribution in [0.2, 0.25) is 0 Å². The summed E-state index contributed by atoms with van der Waals surface area (Å²) >= 11 is 3.47. The largest absolute Gasteiger partial charge is 0.501 e. The molecule has 152 valence electrons. The summed E-state index contributed by atoms with van der Waals surface area (Å²) in [6, 6.07) is 13.5. The fourth-order valence-electron chi connectivity index (χ4n) is 3.59. The number of carbonyl (C=O) groups is 2. The number of benzene rings is 2. The highest BCUT2D eigenvalue weighted by Gasteiger charge is 2.27. The molecule has 1 atom stereocenters. The summed E-state index contributed by atoms with van der Waals surface area (Å²) in [5.41, 5.74) is 2.54. The SMILES string of the molecule is COC1=CC(=O)CC(C(=O)Cc2ccc3ncnc(Nc4cccc(Br)c4)c3c2)C1. The summed E-state index contributed by atoms with van der Waals surface area (Å²) in [4.78, 5) is 33.4. The summed E-state index contributed by atoms with van der Waals surface area (Å²) in [6.45, 7) is 0. The quantitative estimate of drug-likeness (QED) is 0.565. The molecule has 0 spiro atoms. The van der Waals surface area contributed by atoms with Crippen LogP contribution in [-0.4, -0.2) is 28.6 Å². The molecule has 30 heavy (non-hydrogen) atoms. The van der Waals surface area contributed by atoms with Crippen LogP contribution in [0.1, 0.15) is 18.4 Å². The van der Waals surface area contributed by atoms with E-state index in [4.69, 9.17) is 4.74 Å². The van der Waals surface area contributed by atoms with Crippen molar-refractivity contribution in [3.8, 4) is 0 Å². The van der Waals surface area contributed by atoms with Gasteiger partial charge in [0, 0.05) is 46.8 Å². The number of anilines is 2. The first-order chi connectivity index (χ1) is 14.5. The summed E-state index contributed by atoms with van der Waals surface area (Å²) in [5.74, 6) is 0.855. The second kappa shape index (κ2) is 8.75. The number of ether oxygens (including phenoxy) is 1. The Morgan fingerprint density at radius 3 is 2.87 bits per heavy atom. The van der Waals surface area contributed by atoms with Gasteiger partial charge >= 0.3 is 0 Å². The average Bonchev–Trinajstić information content (AvgIpc) is 2.73. The van der Waals surface area contributed by atoms with Gasteiger partial charge in [-0.1, -0.05) is 28.1 Å². The molecule has 0 radical (unpaired) electrons. The van der Waals surface area contributed by atoms with Crippen molar-refractivity contribution in [3.05, 3.63) is 70.7 Å². The van der Waals surface area contributed by atoms with Crippen LogP contribution in [0.5, 0.6) is 0 Å². The Bertz CT molecular complexity index is 1160. The number of rotatable bonds is 6. The third kappa shape index (κ3) is 4.57. The Balaban J connectivity index is 1.57. The standard InChI is InChI=1S/C23H20BrN3O3/c1-30-19-10-15(9-18(28)12-19)22(29)8-14-5-6-21-20(7-14)23(26-13-25-21)27-17-4-2-3-16(24)11-17/h2-7,11-13,15H,8-10H2,1H3,(H,25,26,27). The molecule has 0 fully saturated rings. The van der Waals surface area contributed by atoms with E-state index in [1.165, 1.54) is 19.5 Å². The maximum Gasteiger partial charge on any atom is 0.159 e. The second-order valence-corrected chi connectivity index (χ2v) is 8.15. The van der Waals surface area contributed by atoms with Gasteiger partial charge in [0.2, 0.25) is 0 Å². The van der Waals surface area contributed by atoms with Crippen molar-refractivity contribution in [1.82, 2.24) is 9.97 Å². The molecule has 0 bridgehead atoms. The van der Waals surface area contributed by atoms with Gasteiger partial charge in [-0.3, -0.25) is 9.59 Å². The fourth-order valence-corrected chi connectivity index (χ4v) is 3.99. The number of methoxy groups -OCH3 is 1. The lowest BCUT2D eigenvalue weighted by Crippen LogP contribution is -2.24. The van der Waals surface area contributed by atoms with Crippen molar-refractivity contribution in [2.45, 2.75) is 19.3 Å². The van der Waals surface area contributed by atoms with Crippen molar-refractivity contribution in [2.75, 3.05) is 12.4 Å².